The van der Waals surface area contributed by atoms with Crippen molar-refractivity contribution in [2.75, 3.05) is 25.0 Å². The largest absolute Gasteiger partial charge is 0.348 e. The lowest BCUT2D eigenvalue weighted by molar-refractivity contribution is 0.443. The van der Waals surface area contributed by atoms with E-state index >= 15 is 0 Å². The summed E-state index contributed by atoms with van der Waals surface area (Å²) in [6.45, 7) is 5.58. The number of aryl methyl sites for hydroxylation is 1. The highest BCUT2D eigenvalue weighted by atomic mass is 32.1. The highest BCUT2D eigenvalue weighted by molar-refractivity contribution is 7.19. The fraction of sp³-hybridized carbons (Fsp3) is 0.381. The molecule has 0 spiro atoms. The van der Waals surface area contributed by atoms with Crippen molar-refractivity contribution in [1.82, 2.24) is 20.5 Å². The van der Waals surface area contributed by atoms with E-state index < -0.39 is 11.6 Å². The third kappa shape index (κ3) is 4.13. The lowest BCUT2D eigenvalue weighted by atomic mass is 10.0. The predicted octanol–water partition coefficient (Wildman–Crippen LogP) is 4.45. The summed E-state index contributed by atoms with van der Waals surface area (Å²) >= 11 is 1.47. The van der Waals surface area contributed by atoms with Crippen molar-refractivity contribution >= 4 is 27.2 Å². The minimum Gasteiger partial charge on any atom is -0.348 e. The van der Waals surface area contributed by atoms with Gasteiger partial charge in [0.25, 0.3) is 0 Å². The van der Waals surface area contributed by atoms with E-state index in [0.29, 0.717) is 22.3 Å². The molecule has 1 saturated heterocycles. The van der Waals surface area contributed by atoms with Gasteiger partial charge in [-0.1, -0.05) is 11.3 Å². The Morgan fingerprint density at radius 3 is 2.70 bits per heavy atom. The van der Waals surface area contributed by atoms with Crippen molar-refractivity contribution in [2.24, 2.45) is 4.99 Å². The van der Waals surface area contributed by atoms with Gasteiger partial charge in [-0.3, -0.25) is 5.10 Å². The van der Waals surface area contributed by atoms with E-state index in [4.69, 9.17) is 0 Å². The van der Waals surface area contributed by atoms with Crippen LogP contribution in [0.4, 0.5) is 18.9 Å². The SMILES string of the molecule is C/C(=N\c1sc(N(C)C2CCNCC2)nc1C)c1cc(F)c(-c2cn[nH]c2)cc1F. The Morgan fingerprint density at radius 2 is 2.00 bits per heavy atom. The normalized spacial score (nSPS) is 15.6. The first-order valence-corrected chi connectivity index (χ1v) is 10.7. The first kappa shape index (κ1) is 20.6. The second-order valence-corrected chi connectivity index (χ2v) is 8.43. The molecule has 6 nitrogen and oxygen atoms in total. The van der Waals surface area contributed by atoms with E-state index in [0.717, 1.165) is 36.8 Å². The summed E-state index contributed by atoms with van der Waals surface area (Å²) in [6, 6.07) is 2.82. The van der Waals surface area contributed by atoms with E-state index in [2.05, 4.69) is 37.4 Å². The van der Waals surface area contributed by atoms with Crippen molar-refractivity contribution in [2.45, 2.75) is 32.7 Å². The molecule has 2 N–H and O–H groups in total. The molecule has 1 aromatic carbocycles. The lowest BCUT2D eigenvalue weighted by Gasteiger charge is -2.31. The summed E-state index contributed by atoms with van der Waals surface area (Å²) in [5.41, 5.74) is 1.99. The molecule has 0 amide bonds. The summed E-state index contributed by atoms with van der Waals surface area (Å²) in [5, 5.41) is 11.4. The van der Waals surface area contributed by atoms with Crippen LogP contribution in [0.5, 0.6) is 0 Å². The fourth-order valence-corrected chi connectivity index (χ4v) is 4.66. The van der Waals surface area contributed by atoms with Crippen LogP contribution in [-0.4, -0.2) is 47.1 Å². The first-order chi connectivity index (χ1) is 14.4. The molecule has 0 radical (unpaired) electrons. The molecular weight excluding hydrogens is 406 g/mol. The molecule has 158 valence electrons. The number of nitrogens with zero attached hydrogens (tertiary/aromatic N) is 4. The Kier molecular flexibility index (Phi) is 5.92. The maximum atomic E-state index is 14.7. The lowest BCUT2D eigenvalue weighted by Crippen LogP contribution is -2.41. The van der Waals surface area contributed by atoms with Crippen LogP contribution in [-0.2, 0) is 0 Å². The van der Waals surface area contributed by atoms with Crippen LogP contribution in [0.3, 0.4) is 0 Å². The Hall–Kier alpha value is -2.65. The third-order valence-corrected chi connectivity index (χ3v) is 6.59. The number of anilines is 1. The number of hydrogen-bond donors (Lipinski definition) is 2. The zero-order chi connectivity index (χ0) is 21.3. The van der Waals surface area contributed by atoms with Gasteiger partial charge < -0.3 is 10.2 Å². The van der Waals surface area contributed by atoms with Crippen LogP contribution in [0, 0.1) is 18.6 Å². The van der Waals surface area contributed by atoms with E-state index in [1.54, 1.807) is 6.92 Å². The molecule has 4 rings (SSSR count). The van der Waals surface area contributed by atoms with Gasteiger partial charge in [-0.2, -0.15) is 5.10 Å². The molecule has 1 aliphatic rings. The number of hydrogen-bond acceptors (Lipinski definition) is 6. The van der Waals surface area contributed by atoms with Crippen LogP contribution >= 0.6 is 11.3 Å². The topological polar surface area (TPSA) is 69.2 Å². The number of piperidine rings is 1. The molecule has 0 unspecified atom stereocenters. The molecular formula is C21H24F2N6S. The van der Waals surface area contributed by atoms with Gasteiger partial charge >= 0.3 is 0 Å². The van der Waals surface area contributed by atoms with E-state index in [-0.39, 0.29) is 11.1 Å². The zero-order valence-electron chi connectivity index (χ0n) is 17.2. The molecule has 1 aliphatic heterocycles. The molecule has 3 heterocycles. The number of aliphatic imine (C=N–C) groups is 1. The molecule has 0 bridgehead atoms. The van der Waals surface area contributed by atoms with Crippen LogP contribution in [0.15, 0.2) is 29.5 Å². The second-order valence-electron chi connectivity index (χ2n) is 7.48. The Morgan fingerprint density at radius 1 is 1.23 bits per heavy atom. The quantitative estimate of drug-likeness (QED) is 0.587. The molecule has 0 atom stereocenters. The standard InChI is InChI=1S/C21H24F2N6S/c1-12(16-8-19(23)17(9-18(16)22)14-10-25-26-11-14)27-20-13(2)28-21(30-20)29(3)15-4-6-24-7-5-15/h8-11,15,24H,4-7H2,1-3H3,(H,25,26)/b27-12+. The molecule has 3 aromatic rings. The van der Waals surface area contributed by atoms with Gasteiger partial charge in [0.1, 0.15) is 16.6 Å². The number of nitrogens with one attached hydrogen (secondary N) is 2. The number of rotatable bonds is 5. The molecule has 0 saturated carbocycles. The second kappa shape index (κ2) is 8.61. The van der Waals surface area contributed by atoms with Gasteiger partial charge in [0.2, 0.25) is 0 Å². The van der Waals surface area contributed by atoms with Gasteiger partial charge in [-0.15, -0.1) is 0 Å². The van der Waals surface area contributed by atoms with Crippen molar-refractivity contribution in [3.05, 3.63) is 47.4 Å². The van der Waals surface area contributed by atoms with Crippen molar-refractivity contribution in [1.29, 1.82) is 0 Å². The first-order valence-electron chi connectivity index (χ1n) is 9.89. The number of H-pyrrole nitrogens is 1. The van der Waals surface area contributed by atoms with E-state index in [1.165, 1.54) is 35.9 Å². The van der Waals surface area contributed by atoms with Gasteiger partial charge in [0.15, 0.2) is 5.13 Å². The molecule has 1 fully saturated rings. The smallest absolute Gasteiger partial charge is 0.187 e. The number of thiazole rings is 1. The highest BCUT2D eigenvalue weighted by Gasteiger charge is 2.22. The van der Waals surface area contributed by atoms with Gasteiger partial charge in [-0.05, 0) is 51.9 Å². The summed E-state index contributed by atoms with van der Waals surface area (Å²) < 4.78 is 29.4. The minimum atomic E-state index is -0.525. The highest BCUT2D eigenvalue weighted by Crippen LogP contribution is 2.35. The zero-order valence-corrected chi connectivity index (χ0v) is 18.0. The van der Waals surface area contributed by atoms with Crippen LogP contribution in [0.1, 0.15) is 31.0 Å². The van der Waals surface area contributed by atoms with E-state index in [1.807, 2.05) is 6.92 Å². The van der Waals surface area contributed by atoms with Crippen LogP contribution in [0.2, 0.25) is 0 Å². The molecule has 2 aromatic heterocycles. The van der Waals surface area contributed by atoms with E-state index in [9.17, 15) is 8.78 Å². The maximum absolute atomic E-state index is 14.7. The Bertz CT molecular complexity index is 1050. The minimum absolute atomic E-state index is 0.140. The summed E-state index contributed by atoms with van der Waals surface area (Å²) in [4.78, 5) is 11.4. The predicted molar refractivity (Wildman–Crippen MR) is 117 cm³/mol. The van der Waals surface area contributed by atoms with Gasteiger partial charge in [0, 0.05) is 41.7 Å². The summed E-state index contributed by atoms with van der Waals surface area (Å²) in [5.74, 6) is -1.04. The monoisotopic (exact) mass is 430 g/mol. The molecule has 30 heavy (non-hydrogen) atoms. The maximum Gasteiger partial charge on any atom is 0.187 e. The van der Waals surface area contributed by atoms with Gasteiger partial charge in [-0.25, -0.2) is 18.8 Å². The molecule has 9 heteroatoms. The Labute approximate surface area is 178 Å². The molecule has 0 aliphatic carbocycles. The summed E-state index contributed by atoms with van der Waals surface area (Å²) in [7, 11) is 2.05. The van der Waals surface area contributed by atoms with Crippen LogP contribution in [0.25, 0.3) is 11.1 Å². The van der Waals surface area contributed by atoms with Crippen molar-refractivity contribution < 1.29 is 8.78 Å². The number of aromatic amines is 1. The summed E-state index contributed by atoms with van der Waals surface area (Å²) in [6.07, 6.45) is 5.12. The van der Waals surface area contributed by atoms with Crippen molar-refractivity contribution in [3.8, 4) is 11.1 Å². The van der Waals surface area contributed by atoms with Crippen molar-refractivity contribution in [3.63, 3.8) is 0 Å². The number of aromatic nitrogens is 3. The number of benzene rings is 1. The van der Waals surface area contributed by atoms with Gasteiger partial charge in [0.05, 0.1) is 11.9 Å². The average molecular weight is 431 g/mol. The Balaban J connectivity index is 1.61. The third-order valence-electron chi connectivity index (χ3n) is 5.44. The fourth-order valence-electron chi connectivity index (χ4n) is 3.64. The van der Waals surface area contributed by atoms with Crippen LogP contribution < -0.4 is 10.2 Å². The number of halogens is 2. The average Bonchev–Trinajstić information content (AvgIpc) is 3.40.